The van der Waals surface area contributed by atoms with E-state index < -0.39 is 0 Å². The summed E-state index contributed by atoms with van der Waals surface area (Å²) in [4.78, 5) is 16.2. The summed E-state index contributed by atoms with van der Waals surface area (Å²) in [5.41, 5.74) is 7.35. The van der Waals surface area contributed by atoms with Gasteiger partial charge in [-0.05, 0) is 30.5 Å². The van der Waals surface area contributed by atoms with Gasteiger partial charge < -0.3 is 15.5 Å². The van der Waals surface area contributed by atoms with Crippen LogP contribution in [-0.4, -0.2) is 17.4 Å². The summed E-state index contributed by atoms with van der Waals surface area (Å²) in [6.07, 6.45) is 3.85. The molecule has 6 heteroatoms. The number of benzene rings is 1. The molecule has 2 rings (SSSR count). The molecule has 1 aromatic carbocycles. The van der Waals surface area contributed by atoms with Gasteiger partial charge in [-0.1, -0.05) is 41.4 Å². The van der Waals surface area contributed by atoms with Crippen molar-refractivity contribution in [3.63, 3.8) is 0 Å². The van der Waals surface area contributed by atoms with Crippen LogP contribution in [0.2, 0.25) is 0 Å². The summed E-state index contributed by atoms with van der Waals surface area (Å²) < 4.78 is 6.32. The van der Waals surface area contributed by atoms with E-state index >= 15 is 0 Å². The number of hydrogen-bond acceptors (Lipinski definition) is 4. The van der Waals surface area contributed by atoms with E-state index in [1.165, 1.54) is 6.26 Å². The first kappa shape index (κ1) is 16.7. The smallest absolute Gasteiger partial charge is 0.273 e. The number of halogens is 1. The third-order valence-electron chi connectivity index (χ3n) is 3.28. The van der Waals surface area contributed by atoms with Crippen molar-refractivity contribution in [1.82, 2.24) is 10.3 Å². The van der Waals surface area contributed by atoms with Crippen molar-refractivity contribution in [3.05, 3.63) is 52.1 Å². The first-order chi connectivity index (χ1) is 10.6. The SMILES string of the molecule is CCCC(N)c1nc(C(=O)NCCc2ccc(Br)cc2)co1. The van der Waals surface area contributed by atoms with Gasteiger partial charge in [0.15, 0.2) is 5.69 Å². The van der Waals surface area contributed by atoms with Gasteiger partial charge >= 0.3 is 0 Å². The van der Waals surface area contributed by atoms with Crippen LogP contribution in [0.25, 0.3) is 0 Å². The highest BCUT2D eigenvalue weighted by Crippen LogP contribution is 2.15. The lowest BCUT2D eigenvalue weighted by Crippen LogP contribution is -2.26. The average molecular weight is 366 g/mol. The summed E-state index contributed by atoms with van der Waals surface area (Å²) in [5, 5.41) is 2.83. The van der Waals surface area contributed by atoms with Gasteiger partial charge in [0.1, 0.15) is 6.26 Å². The second-order valence-corrected chi connectivity index (χ2v) is 6.01. The maximum atomic E-state index is 12.0. The number of amides is 1. The van der Waals surface area contributed by atoms with Crippen LogP contribution in [0.15, 0.2) is 39.4 Å². The Morgan fingerprint density at radius 2 is 2.14 bits per heavy atom. The molecule has 1 heterocycles. The van der Waals surface area contributed by atoms with Gasteiger partial charge in [0.2, 0.25) is 5.89 Å². The molecule has 1 amide bonds. The Hall–Kier alpha value is -1.66. The number of carbonyl (C=O) groups excluding carboxylic acids is 1. The molecule has 0 bridgehead atoms. The van der Waals surface area contributed by atoms with Crippen molar-refractivity contribution in [1.29, 1.82) is 0 Å². The van der Waals surface area contributed by atoms with E-state index in [0.717, 1.165) is 29.3 Å². The molecule has 22 heavy (non-hydrogen) atoms. The lowest BCUT2D eigenvalue weighted by atomic mass is 10.1. The van der Waals surface area contributed by atoms with Gasteiger partial charge in [0.05, 0.1) is 6.04 Å². The van der Waals surface area contributed by atoms with Gasteiger partial charge in [-0.2, -0.15) is 0 Å². The van der Waals surface area contributed by atoms with Crippen molar-refractivity contribution in [2.24, 2.45) is 5.73 Å². The van der Waals surface area contributed by atoms with Crippen molar-refractivity contribution >= 4 is 21.8 Å². The molecular weight excluding hydrogens is 346 g/mol. The van der Waals surface area contributed by atoms with Crippen LogP contribution in [0.3, 0.4) is 0 Å². The fourth-order valence-electron chi connectivity index (χ4n) is 2.06. The molecule has 0 aliphatic rings. The molecule has 118 valence electrons. The molecule has 5 nitrogen and oxygen atoms in total. The van der Waals surface area contributed by atoms with Crippen molar-refractivity contribution in [2.45, 2.75) is 32.2 Å². The van der Waals surface area contributed by atoms with Gasteiger partial charge in [-0.3, -0.25) is 4.79 Å². The zero-order chi connectivity index (χ0) is 15.9. The van der Waals surface area contributed by atoms with Crippen molar-refractivity contribution < 1.29 is 9.21 Å². The van der Waals surface area contributed by atoms with Crippen LogP contribution in [0.5, 0.6) is 0 Å². The number of nitrogens with two attached hydrogens (primary N) is 1. The minimum atomic E-state index is -0.255. The molecule has 0 radical (unpaired) electrons. The van der Waals surface area contributed by atoms with Crippen LogP contribution >= 0.6 is 15.9 Å². The van der Waals surface area contributed by atoms with E-state index in [0.29, 0.717) is 12.4 Å². The van der Waals surface area contributed by atoms with Crippen LogP contribution in [0.4, 0.5) is 0 Å². The molecule has 0 fully saturated rings. The van der Waals surface area contributed by atoms with E-state index in [2.05, 4.69) is 26.2 Å². The normalized spacial score (nSPS) is 12.1. The number of aromatic nitrogens is 1. The largest absolute Gasteiger partial charge is 0.446 e. The zero-order valence-corrected chi connectivity index (χ0v) is 14.1. The van der Waals surface area contributed by atoms with Gasteiger partial charge in [0.25, 0.3) is 5.91 Å². The third-order valence-corrected chi connectivity index (χ3v) is 3.81. The summed E-state index contributed by atoms with van der Waals surface area (Å²) in [6, 6.07) is 7.75. The summed E-state index contributed by atoms with van der Waals surface area (Å²) in [7, 11) is 0. The fraction of sp³-hybridized carbons (Fsp3) is 0.375. The minimum Gasteiger partial charge on any atom is -0.446 e. The van der Waals surface area contributed by atoms with E-state index in [4.69, 9.17) is 10.2 Å². The first-order valence-corrected chi connectivity index (χ1v) is 8.13. The lowest BCUT2D eigenvalue weighted by molar-refractivity contribution is 0.0949. The van der Waals surface area contributed by atoms with E-state index in [1.54, 1.807) is 0 Å². The summed E-state index contributed by atoms with van der Waals surface area (Å²) in [6.45, 7) is 2.59. The Balaban J connectivity index is 1.83. The predicted molar refractivity (Wildman–Crippen MR) is 88.5 cm³/mol. The molecule has 1 atom stereocenters. The standard InChI is InChI=1S/C16H20BrN3O2/c1-2-3-13(18)16-20-14(10-22-16)15(21)19-9-8-11-4-6-12(17)7-5-11/h4-7,10,13H,2-3,8-9,18H2,1H3,(H,19,21). The van der Waals surface area contributed by atoms with Gasteiger partial charge in [-0.25, -0.2) is 4.98 Å². The number of oxazole rings is 1. The number of nitrogens with one attached hydrogen (secondary N) is 1. The Labute approximate surface area is 138 Å². The Bertz CT molecular complexity index is 610. The fourth-order valence-corrected chi connectivity index (χ4v) is 2.32. The second-order valence-electron chi connectivity index (χ2n) is 5.10. The Morgan fingerprint density at radius 3 is 2.82 bits per heavy atom. The molecule has 1 unspecified atom stereocenters. The molecule has 0 spiro atoms. The third kappa shape index (κ3) is 4.68. The Kier molecular flexibility index (Phi) is 6.15. The van der Waals surface area contributed by atoms with Gasteiger partial charge in [0, 0.05) is 11.0 Å². The van der Waals surface area contributed by atoms with E-state index in [-0.39, 0.29) is 17.6 Å². The van der Waals surface area contributed by atoms with Crippen LogP contribution in [0, 0.1) is 0 Å². The second kappa shape index (κ2) is 8.10. The molecule has 0 saturated carbocycles. The van der Waals surface area contributed by atoms with Crippen molar-refractivity contribution in [3.8, 4) is 0 Å². The number of rotatable bonds is 7. The van der Waals surface area contributed by atoms with Crippen LogP contribution < -0.4 is 11.1 Å². The quantitative estimate of drug-likeness (QED) is 0.789. The molecular formula is C16H20BrN3O2. The maximum absolute atomic E-state index is 12.0. The number of nitrogens with zero attached hydrogens (tertiary/aromatic N) is 1. The number of carbonyl (C=O) groups is 1. The maximum Gasteiger partial charge on any atom is 0.273 e. The highest BCUT2D eigenvalue weighted by molar-refractivity contribution is 9.10. The average Bonchev–Trinajstić information content (AvgIpc) is 2.99. The zero-order valence-electron chi connectivity index (χ0n) is 12.5. The lowest BCUT2D eigenvalue weighted by Gasteiger charge is -2.04. The summed E-state index contributed by atoms with van der Waals surface area (Å²) in [5.74, 6) is 0.177. The minimum absolute atomic E-state index is 0.240. The molecule has 0 saturated heterocycles. The first-order valence-electron chi connectivity index (χ1n) is 7.33. The van der Waals surface area contributed by atoms with Crippen LogP contribution in [-0.2, 0) is 6.42 Å². The molecule has 1 aromatic heterocycles. The van der Waals surface area contributed by atoms with Crippen molar-refractivity contribution in [2.75, 3.05) is 6.54 Å². The highest BCUT2D eigenvalue weighted by Gasteiger charge is 2.16. The topological polar surface area (TPSA) is 81.1 Å². The van der Waals surface area contributed by atoms with Gasteiger partial charge in [-0.15, -0.1) is 0 Å². The molecule has 3 N–H and O–H groups in total. The monoisotopic (exact) mass is 365 g/mol. The Morgan fingerprint density at radius 1 is 1.41 bits per heavy atom. The molecule has 2 aromatic rings. The van der Waals surface area contributed by atoms with Crippen LogP contribution in [0.1, 0.15) is 47.7 Å². The highest BCUT2D eigenvalue weighted by atomic mass is 79.9. The molecule has 0 aliphatic heterocycles. The number of hydrogen-bond donors (Lipinski definition) is 2. The summed E-state index contributed by atoms with van der Waals surface area (Å²) >= 11 is 3.39. The predicted octanol–water partition coefficient (Wildman–Crippen LogP) is 3.21. The van der Waals surface area contributed by atoms with E-state index in [9.17, 15) is 4.79 Å². The molecule has 0 aliphatic carbocycles. The van der Waals surface area contributed by atoms with E-state index in [1.807, 2.05) is 31.2 Å².